The monoisotopic (exact) mass is 514 g/mol. The van der Waals surface area contributed by atoms with Gasteiger partial charge in [-0.1, -0.05) is 42.5 Å². The molecule has 6 rings (SSSR count). The number of ether oxygens (including phenoxy) is 2. The number of hydrogen-bond acceptors (Lipinski definition) is 8. The maximum absolute atomic E-state index is 13.3. The minimum atomic E-state index is -0.385. The van der Waals surface area contributed by atoms with Gasteiger partial charge in [0.15, 0.2) is 17.5 Å². The normalized spacial score (nSPS) is 13.0. The van der Waals surface area contributed by atoms with Crippen molar-refractivity contribution in [3.63, 3.8) is 0 Å². The summed E-state index contributed by atoms with van der Waals surface area (Å²) in [6.07, 6.45) is 3.80. The summed E-state index contributed by atoms with van der Waals surface area (Å²) in [6.45, 7) is 0. The third-order valence-corrected chi connectivity index (χ3v) is 7.41. The number of nitrogens with one attached hydrogen (secondary N) is 1. The number of rotatable bonds is 7. The van der Waals surface area contributed by atoms with Crippen LogP contribution in [0.25, 0.3) is 32.6 Å². The summed E-state index contributed by atoms with van der Waals surface area (Å²) >= 11 is 1.23. The number of thiophene rings is 1. The number of aromatic nitrogens is 3. The minimum Gasteiger partial charge on any atom is -0.493 e. The smallest absolute Gasteiger partial charge is 0.302 e. The van der Waals surface area contributed by atoms with Gasteiger partial charge in [-0.15, -0.1) is 11.3 Å². The maximum Gasteiger partial charge on any atom is 0.302 e. The lowest BCUT2D eigenvalue weighted by molar-refractivity contribution is -0.765. The number of nitrogens with two attached hydrogens (primary N) is 1. The van der Waals surface area contributed by atoms with E-state index in [-0.39, 0.29) is 11.8 Å². The van der Waals surface area contributed by atoms with Gasteiger partial charge in [-0.3, -0.25) is 14.6 Å². The van der Waals surface area contributed by atoms with Crippen molar-refractivity contribution in [3.05, 3.63) is 65.7 Å². The number of hydrogen-bond donors (Lipinski definition) is 2. The largest absolute Gasteiger partial charge is 0.493 e. The molecular weight excluding hydrogens is 490 g/mol. The van der Waals surface area contributed by atoms with Gasteiger partial charge in [0.25, 0.3) is 12.1 Å². The number of carbonyl (C=O) groups excluding carboxylic acids is 1. The quantitative estimate of drug-likeness (QED) is 0.291. The molecule has 0 spiro atoms. The number of benzene rings is 2. The van der Waals surface area contributed by atoms with Crippen LogP contribution in [0.2, 0.25) is 0 Å². The van der Waals surface area contributed by atoms with Crippen LogP contribution in [0.3, 0.4) is 0 Å². The molecule has 186 valence electrons. The Kier molecular flexibility index (Phi) is 5.72. The van der Waals surface area contributed by atoms with Crippen LogP contribution in [-0.4, -0.2) is 30.4 Å². The first-order valence-electron chi connectivity index (χ1n) is 11.8. The Morgan fingerprint density at radius 3 is 2.65 bits per heavy atom. The second-order valence-corrected chi connectivity index (χ2v) is 9.72. The van der Waals surface area contributed by atoms with Crippen molar-refractivity contribution in [2.24, 2.45) is 0 Å². The summed E-state index contributed by atoms with van der Waals surface area (Å²) in [6, 6.07) is 17.8. The van der Waals surface area contributed by atoms with Crippen molar-refractivity contribution in [1.29, 1.82) is 0 Å². The molecule has 2 aromatic carbocycles. The van der Waals surface area contributed by atoms with Crippen molar-refractivity contribution < 1.29 is 23.5 Å². The van der Waals surface area contributed by atoms with Crippen LogP contribution in [0.15, 0.2) is 65.3 Å². The van der Waals surface area contributed by atoms with Crippen LogP contribution in [0.4, 0.5) is 11.6 Å². The SMILES string of the molecule is COc1cccc(-c2cc(-c3ccccc3)nc3sc(C(=O)Nc4c[n+](C5CC5)no4)c(N)c23)c1OC. The van der Waals surface area contributed by atoms with Gasteiger partial charge in [-0.05, 0) is 16.8 Å². The standard InChI is InChI=1S/C27H23N5O4S/c1-34-20-10-6-9-17(24(20)35-2)18-13-19(15-7-4-3-5-8-15)29-27-22(18)23(28)25(37-27)26(33)30-21-14-32(31-36-21)16-11-12-16/h3-10,13-14,16H,11-12H2,1-2H3,(H2-,28,30,31,33)/p+1. The Hall–Kier alpha value is -4.44. The van der Waals surface area contributed by atoms with Crippen LogP contribution in [0, 0.1) is 0 Å². The molecule has 0 atom stereocenters. The number of amides is 1. The van der Waals surface area contributed by atoms with Crippen molar-refractivity contribution in [3.8, 4) is 33.9 Å². The molecule has 1 aliphatic carbocycles. The van der Waals surface area contributed by atoms with E-state index in [1.807, 2.05) is 54.6 Å². The van der Waals surface area contributed by atoms with Crippen LogP contribution in [-0.2, 0) is 0 Å². The van der Waals surface area contributed by atoms with Gasteiger partial charge in [0, 0.05) is 34.9 Å². The van der Waals surface area contributed by atoms with Gasteiger partial charge >= 0.3 is 5.88 Å². The third-order valence-electron chi connectivity index (χ3n) is 6.31. The number of fused-ring (bicyclic) bond motifs is 1. The fraction of sp³-hybridized carbons (Fsp3) is 0.185. The molecule has 1 aliphatic rings. The fourth-order valence-electron chi connectivity index (χ4n) is 4.35. The Labute approximate surface area is 216 Å². The molecule has 3 N–H and O–H groups in total. The van der Waals surface area contributed by atoms with Gasteiger partial charge in [0.2, 0.25) is 5.27 Å². The van der Waals surface area contributed by atoms with Crippen molar-refractivity contribution >= 4 is 39.0 Å². The van der Waals surface area contributed by atoms with Crippen LogP contribution in [0.1, 0.15) is 28.6 Å². The number of anilines is 2. The highest BCUT2D eigenvalue weighted by molar-refractivity contribution is 7.21. The summed E-state index contributed by atoms with van der Waals surface area (Å²) in [7, 11) is 3.19. The number of nitrogen functional groups attached to an aromatic ring is 1. The number of carbonyl (C=O) groups is 1. The molecule has 0 radical (unpaired) electrons. The van der Waals surface area contributed by atoms with Gasteiger partial charge in [0.05, 0.1) is 25.6 Å². The van der Waals surface area contributed by atoms with Crippen molar-refractivity contribution in [2.75, 3.05) is 25.3 Å². The number of methoxy groups -OCH3 is 2. The number of nitrogens with zero attached hydrogens (tertiary/aromatic N) is 3. The Morgan fingerprint density at radius 2 is 1.92 bits per heavy atom. The fourth-order valence-corrected chi connectivity index (χ4v) is 5.37. The molecule has 1 amide bonds. The number of pyridine rings is 1. The van der Waals surface area contributed by atoms with E-state index in [1.165, 1.54) is 11.3 Å². The predicted octanol–water partition coefficient (Wildman–Crippen LogP) is 5.09. The highest BCUT2D eigenvalue weighted by atomic mass is 32.1. The van der Waals surface area contributed by atoms with E-state index in [0.717, 1.165) is 35.2 Å². The topological polar surface area (TPSA) is 116 Å². The highest BCUT2D eigenvalue weighted by Crippen LogP contribution is 2.46. The number of para-hydroxylation sites is 1. The van der Waals surface area contributed by atoms with E-state index >= 15 is 0 Å². The first-order valence-corrected chi connectivity index (χ1v) is 12.6. The molecule has 0 aliphatic heterocycles. The van der Waals surface area contributed by atoms with Gasteiger partial charge in [-0.2, -0.15) is 0 Å². The lowest BCUT2D eigenvalue weighted by atomic mass is 9.98. The second kappa shape index (κ2) is 9.21. The predicted molar refractivity (Wildman–Crippen MR) is 141 cm³/mol. The average Bonchev–Trinajstić information content (AvgIpc) is 3.59. The minimum absolute atomic E-state index is 0.265. The van der Waals surface area contributed by atoms with E-state index in [9.17, 15) is 4.79 Å². The van der Waals surface area contributed by atoms with Crippen molar-refractivity contribution in [2.45, 2.75) is 18.9 Å². The molecule has 37 heavy (non-hydrogen) atoms. The first-order chi connectivity index (χ1) is 18.1. The van der Waals surface area contributed by atoms with E-state index in [1.54, 1.807) is 25.1 Å². The van der Waals surface area contributed by atoms with E-state index in [4.69, 9.17) is 24.7 Å². The average molecular weight is 515 g/mol. The summed E-state index contributed by atoms with van der Waals surface area (Å²) in [4.78, 5) is 19.1. The van der Waals surface area contributed by atoms with Crippen LogP contribution < -0.4 is 25.2 Å². The molecule has 0 bridgehead atoms. The van der Waals surface area contributed by atoms with Crippen LogP contribution >= 0.6 is 11.3 Å². The van der Waals surface area contributed by atoms with E-state index in [0.29, 0.717) is 38.3 Å². The molecule has 1 fully saturated rings. The molecule has 3 heterocycles. The second-order valence-electron chi connectivity index (χ2n) is 8.72. The Bertz CT molecular complexity index is 1630. The van der Waals surface area contributed by atoms with E-state index in [2.05, 4.69) is 10.6 Å². The molecule has 1 saturated carbocycles. The van der Waals surface area contributed by atoms with Crippen molar-refractivity contribution in [1.82, 2.24) is 10.3 Å². The van der Waals surface area contributed by atoms with Crippen LogP contribution in [0.5, 0.6) is 11.5 Å². The Morgan fingerprint density at radius 1 is 1.11 bits per heavy atom. The van der Waals surface area contributed by atoms with E-state index < -0.39 is 0 Å². The lowest BCUT2D eigenvalue weighted by Gasteiger charge is -2.15. The molecule has 3 aromatic heterocycles. The van der Waals surface area contributed by atoms with Gasteiger partial charge in [-0.25, -0.2) is 4.98 Å². The third kappa shape index (κ3) is 4.15. The lowest BCUT2D eigenvalue weighted by Crippen LogP contribution is -2.32. The summed E-state index contributed by atoms with van der Waals surface area (Å²) in [5.41, 5.74) is 10.2. The summed E-state index contributed by atoms with van der Waals surface area (Å²) < 4.78 is 18.3. The summed E-state index contributed by atoms with van der Waals surface area (Å²) in [5, 5.41) is 7.44. The van der Waals surface area contributed by atoms with Gasteiger partial charge < -0.3 is 15.2 Å². The first kappa shape index (κ1) is 23.0. The molecule has 10 heteroatoms. The molecule has 9 nitrogen and oxygen atoms in total. The zero-order chi connectivity index (χ0) is 25.5. The highest BCUT2D eigenvalue weighted by Gasteiger charge is 2.36. The molecule has 5 aromatic rings. The van der Waals surface area contributed by atoms with Gasteiger partial charge in [0.1, 0.15) is 9.71 Å². The zero-order valence-electron chi connectivity index (χ0n) is 20.2. The summed E-state index contributed by atoms with van der Waals surface area (Å²) in [5.74, 6) is 1.04. The molecule has 0 unspecified atom stereocenters. The molecular formula is C27H24N5O4S+. The Balaban J connectivity index is 1.51. The maximum atomic E-state index is 13.3. The zero-order valence-corrected chi connectivity index (χ0v) is 21.0. The molecule has 0 saturated heterocycles.